The second-order valence-electron chi connectivity index (χ2n) is 10.3. The van der Waals surface area contributed by atoms with Crippen LogP contribution < -0.4 is 5.32 Å². The number of hydroxylamine groups is 2. The van der Waals surface area contributed by atoms with E-state index >= 15 is 0 Å². The fourth-order valence-electron chi connectivity index (χ4n) is 4.88. The van der Waals surface area contributed by atoms with Crippen LogP contribution in [0.5, 0.6) is 0 Å². The smallest absolute Gasteiger partial charge is 0.251 e. The lowest BCUT2D eigenvalue weighted by atomic mass is 9.98. The summed E-state index contributed by atoms with van der Waals surface area (Å²) < 4.78 is 0. The molecule has 0 spiro atoms. The van der Waals surface area contributed by atoms with E-state index in [2.05, 4.69) is 36.5 Å². The molecule has 38 heavy (non-hydrogen) atoms. The summed E-state index contributed by atoms with van der Waals surface area (Å²) in [6, 6.07) is 27.8. The van der Waals surface area contributed by atoms with E-state index in [0.717, 1.165) is 24.1 Å². The van der Waals surface area contributed by atoms with Crippen molar-refractivity contribution in [3.05, 3.63) is 107 Å². The van der Waals surface area contributed by atoms with Crippen LogP contribution in [0.15, 0.2) is 84.9 Å². The molecular weight excluding hydrogens is 468 g/mol. The summed E-state index contributed by atoms with van der Waals surface area (Å²) in [5, 5.41) is 15.5. The van der Waals surface area contributed by atoms with Crippen LogP contribution in [0.3, 0.4) is 0 Å². The first-order valence-electron chi connectivity index (χ1n) is 14.6. The number of amides is 1. The third-order valence-electron chi connectivity index (χ3n) is 7.19. The first kappa shape index (κ1) is 29.6. The number of hydrogen-bond donors (Lipinski definition) is 2. The highest BCUT2D eigenvalue weighted by atomic mass is 16.5. The summed E-state index contributed by atoms with van der Waals surface area (Å²) in [7, 11) is 0. The summed E-state index contributed by atoms with van der Waals surface area (Å²) in [4.78, 5) is 12.6. The molecule has 0 aliphatic carbocycles. The van der Waals surface area contributed by atoms with Crippen molar-refractivity contribution in [1.82, 2.24) is 10.4 Å². The molecule has 3 aromatic rings. The highest BCUT2D eigenvalue weighted by Crippen LogP contribution is 2.25. The van der Waals surface area contributed by atoms with E-state index in [4.69, 9.17) is 0 Å². The number of unbranched alkanes of at least 4 members (excludes halogenated alkanes) is 9. The highest BCUT2D eigenvalue weighted by molar-refractivity contribution is 5.94. The van der Waals surface area contributed by atoms with Crippen LogP contribution in [-0.2, 0) is 13.0 Å². The van der Waals surface area contributed by atoms with Crippen LogP contribution in [-0.4, -0.2) is 22.7 Å². The molecule has 3 aromatic carbocycles. The Kier molecular flexibility index (Phi) is 13.7. The number of nitrogens with one attached hydrogen (secondary N) is 1. The zero-order valence-electron chi connectivity index (χ0n) is 23.2. The zero-order valence-corrected chi connectivity index (χ0v) is 23.2. The molecule has 4 heteroatoms. The SMILES string of the molecule is CCCCCCCCCCCCNC(=O)c1ccc(CN(O)C(Cc2ccccc2)c2ccccc2)cc1. The maximum absolute atomic E-state index is 12.6. The fourth-order valence-corrected chi connectivity index (χ4v) is 4.88. The Labute approximate surface area is 230 Å². The first-order chi connectivity index (χ1) is 18.7. The molecular formula is C34H46N2O2. The second-order valence-corrected chi connectivity index (χ2v) is 10.3. The molecule has 1 atom stereocenters. The van der Waals surface area contributed by atoms with Crippen LogP contribution in [0.2, 0.25) is 0 Å². The third-order valence-corrected chi connectivity index (χ3v) is 7.19. The number of nitrogens with zero attached hydrogens (tertiary/aromatic N) is 1. The van der Waals surface area contributed by atoms with Gasteiger partial charge >= 0.3 is 0 Å². The van der Waals surface area contributed by atoms with Crippen molar-refractivity contribution in [3.8, 4) is 0 Å². The van der Waals surface area contributed by atoms with E-state index < -0.39 is 0 Å². The maximum atomic E-state index is 12.6. The van der Waals surface area contributed by atoms with Crippen molar-refractivity contribution in [3.63, 3.8) is 0 Å². The number of hydrogen-bond acceptors (Lipinski definition) is 3. The molecule has 2 N–H and O–H groups in total. The van der Waals surface area contributed by atoms with Crippen LogP contribution >= 0.6 is 0 Å². The molecule has 0 aliphatic heterocycles. The third kappa shape index (κ3) is 10.8. The number of carbonyl (C=O) groups is 1. The Morgan fingerprint density at radius 1 is 0.711 bits per heavy atom. The summed E-state index contributed by atoms with van der Waals surface area (Å²) >= 11 is 0. The Bertz CT molecular complexity index is 1020. The van der Waals surface area contributed by atoms with Gasteiger partial charge in [-0.2, -0.15) is 5.06 Å². The molecule has 0 bridgehead atoms. The second kappa shape index (κ2) is 17.5. The van der Waals surface area contributed by atoms with Gasteiger partial charge < -0.3 is 10.5 Å². The van der Waals surface area contributed by atoms with Gasteiger partial charge in [0.2, 0.25) is 0 Å². The Morgan fingerprint density at radius 3 is 1.87 bits per heavy atom. The number of rotatable bonds is 18. The minimum Gasteiger partial charge on any atom is -0.352 e. The van der Waals surface area contributed by atoms with Crippen molar-refractivity contribution in [2.45, 2.75) is 90.1 Å². The van der Waals surface area contributed by atoms with E-state index in [1.165, 1.54) is 68.4 Å². The van der Waals surface area contributed by atoms with E-state index in [0.29, 0.717) is 18.5 Å². The zero-order chi connectivity index (χ0) is 26.8. The summed E-state index contributed by atoms with van der Waals surface area (Å²) in [6.07, 6.45) is 13.6. The predicted octanol–water partition coefficient (Wildman–Crippen LogP) is 8.51. The Balaban J connectivity index is 1.41. The molecule has 0 radical (unpaired) electrons. The van der Waals surface area contributed by atoms with Crippen LogP contribution in [0, 0.1) is 0 Å². The highest BCUT2D eigenvalue weighted by Gasteiger charge is 2.20. The van der Waals surface area contributed by atoms with Crippen LogP contribution in [0.25, 0.3) is 0 Å². The minimum atomic E-state index is -0.164. The summed E-state index contributed by atoms with van der Waals surface area (Å²) in [6.45, 7) is 3.36. The van der Waals surface area contributed by atoms with Crippen molar-refractivity contribution >= 4 is 5.91 Å². The molecule has 0 aromatic heterocycles. The lowest BCUT2D eigenvalue weighted by molar-refractivity contribution is -0.137. The Morgan fingerprint density at radius 2 is 1.26 bits per heavy atom. The van der Waals surface area contributed by atoms with Crippen molar-refractivity contribution < 1.29 is 10.0 Å². The molecule has 204 valence electrons. The van der Waals surface area contributed by atoms with Gasteiger partial charge in [0.15, 0.2) is 0 Å². The van der Waals surface area contributed by atoms with E-state index in [9.17, 15) is 10.0 Å². The monoisotopic (exact) mass is 514 g/mol. The fraction of sp³-hybridized carbons (Fsp3) is 0.441. The van der Waals surface area contributed by atoms with Gasteiger partial charge in [0, 0.05) is 18.7 Å². The molecule has 0 heterocycles. The van der Waals surface area contributed by atoms with Gasteiger partial charge in [-0.25, -0.2) is 0 Å². The van der Waals surface area contributed by atoms with Gasteiger partial charge in [-0.05, 0) is 41.7 Å². The standard InChI is InChI=1S/C34H46N2O2/c1-2-3-4-5-6-7-8-9-10-17-26-35-34(37)32-24-22-30(23-25-32)28-36(38)33(31-20-15-12-16-21-31)27-29-18-13-11-14-19-29/h11-16,18-25,33,38H,2-10,17,26-28H2,1H3,(H,35,37). The lowest BCUT2D eigenvalue weighted by Crippen LogP contribution is -2.27. The molecule has 0 aliphatic rings. The van der Waals surface area contributed by atoms with Gasteiger partial charge in [-0.1, -0.05) is 138 Å². The van der Waals surface area contributed by atoms with Gasteiger partial charge in [0.1, 0.15) is 0 Å². The van der Waals surface area contributed by atoms with Gasteiger partial charge in [0.05, 0.1) is 6.04 Å². The molecule has 0 saturated carbocycles. The first-order valence-corrected chi connectivity index (χ1v) is 14.6. The molecule has 1 amide bonds. The number of carbonyl (C=O) groups excluding carboxylic acids is 1. The quantitative estimate of drug-likeness (QED) is 0.132. The van der Waals surface area contributed by atoms with Gasteiger partial charge in [-0.3, -0.25) is 4.79 Å². The molecule has 0 fully saturated rings. The van der Waals surface area contributed by atoms with E-state index in [1.54, 1.807) is 0 Å². The van der Waals surface area contributed by atoms with E-state index in [-0.39, 0.29) is 11.9 Å². The van der Waals surface area contributed by atoms with Crippen molar-refractivity contribution in [2.24, 2.45) is 0 Å². The van der Waals surface area contributed by atoms with E-state index in [1.807, 2.05) is 60.7 Å². The molecule has 0 saturated heterocycles. The van der Waals surface area contributed by atoms with Crippen molar-refractivity contribution in [2.75, 3.05) is 6.54 Å². The van der Waals surface area contributed by atoms with Crippen LogP contribution in [0.1, 0.15) is 104 Å². The summed E-state index contributed by atoms with van der Waals surface area (Å²) in [5.74, 6) is -0.0282. The average molecular weight is 515 g/mol. The predicted molar refractivity (Wildman–Crippen MR) is 157 cm³/mol. The molecule has 3 rings (SSSR count). The van der Waals surface area contributed by atoms with Crippen LogP contribution in [0.4, 0.5) is 0 Å². The Hall–Kier alpha value is -2.95. The molecule has 1 unspecified atom stereocenters. The van der Waals surface area contributed by atoms with Gasteiger partial charge in [-0.15, -0.1) is 0 Å². The molecule has 4 nitrogen and oxygen atoms in total. The lowest BCUT2D eigenvalue weighted by Gasteiger charge is -2.27. The maximum Gasteiger partial charge on any atom is 0.251 e. The minimum absolute atomic E-state index is 0.0282. The normalized spacial score (nSPS) is 12.0. The summed E-state index contributed by atoms with van der Waals surface area (Å²) in [5.41, 5.74) is 3.87. The average Bonchev–Trinajstić information content (AvgIpc) is 2.96. The van der Waals surface area contributed by atoms with Gasteiger partial charge in [0.25, 0.3) is 5.91 Å². The topological polar surface area (TPSA) is 52.6 Å². The largest absolute Gasteiger partial charge is 0.352 e. The number of benzene rings is 3. The van der Waals surface area contributed by atoms with Crippen molar-refractivity contribution in [1.29, 1.82) is 0 Å².